The van der Waals surface area contributed by atoms with Crippen LogP contribution in [0, 0.1) is 5.92 Å². The zero-order valence-electron chi connectivity index (χ0n) is 13.6. The largest absolute Gasteiger partial charge is 0.497 e. The van der Waals surface area contributed by atoms with Gasteiger partial charge < -0.3 is 15.4 Å². The fraction of sp³-hybridized carbons (Fsp3) is 0.667. The Kier molecular flexibility index (Phi) is 6.52. The van der Waals surface area contributed by atoms with E-state index in [4.69, 9.17) is 10.5 Å². The number of aryl methyl sites for hydroxylation is 1. The van der Waals surface area contributed by atoms with Gasteiger partial charge in [0.25, 0.3) is 0 Å². The Bertz CT molecular complexity index is 396. The van der Waals surface area contributed by atoms with E-state index in [2.05, 4.69) is 36.1 Å². The predicted octanol–water partition coefficient (Wildman–Crippen LogP) is 3.08. The van der Waals surface area contributed by atoms with E-state index in [1.807, 2.05) is 0 Å². The Morgan fingerprint density at radius 3 is 2.48 bits per heavy atom. The van der Waals surface area contributed by atoms with Gasteiger partial charge in [0.15, 0.2) is 0 Å². The van der Waals surface area contributed by atoms with Crippen LogP contribution in [0.5, 0.6) is 5.75 Å². The van der Waals surface area contributed by atoms with Crippen LogP contribution in [0.25, 0.3) is 0 Å². The molecule has 1 aliphatic rings. The van der Waals surface area contributed by atoms with Gasteiger partial charge in [-0.05, 0) is 82.3 Å². The summed E-state index contributed by atoms with van der Waals surface area (Å²) in [6.45, 7) is 5.70. The minimum Gasteiger partial charge on any atom is -0.497 e. The Hall–Kier alpha value is -1.06. The third-order valence-electron chi connectivity index (χ3n) is 4.86. The molecule has 1 aliphatic heterocycles. The molecule has 3 nitrogen and oxygen atoms in total. The molecule has 1 aromatic carbocycles. The summed E-state index contributed by atoms with van der Waals surface area (Å²) in [5.41, 5.74) is 7.07. The first-order chi connectivity index (χ1) is 10.2. The highest BCUT2D eigenvalue weighted by Gasteiger charge is 2.21. The van der Waals surface area contributed by atoms with Crippen molar-refractivity contribution in [3.05, 3.63) is 29.8 Å². The lowest BCUT2D eigenvalue weighted by Crippen LogP contribution is -2.40. The molecule has 0 amide bonds. The van der Waals surface area contributed by atoms with E-state index in [9.17, 15) is 0 Å². The Morgan fingerprint density at radius 1 is 1.24 bits per heavy atom. The molecule has 1 fully saturated rings. The fourth-order valence-corrected chi connectivity index (χ4v) is 3.27. The van der Waals surface area contributed by atoms with Gasteiger partial charge in [-0.15, -0.1) is 0 Å². The molecule has 0 aliphatic carbocycles. The normalized spacial score (nSPS) is 18.6. The minimum atomic E-state index is 0.672. The highest BCUT2D eigenvalue weighted by Crippen LogP contribution is 2.23. The molecule has 1 heterocycles. The number of rotatable bonds is 7. The van der Waals surface area contributed by atoms with Crippen molar-refractivity contribution < 1.29 is 4.74 Å². The number of methoxy groups -OCH3 is 1. The van der Waals surface area contributed by atoms with Gasteiger partial charge in [-0.1, -0.05) is 12.1 Å². The van der Waals surface area contributed by atoms with Crippen molar-refractivity contribution in [3.63, 3.8) is 0 Å². The molecule has 0 aromatic heterocycles. The number of likely N-dealkylation sites (tertiary alicyclic amines) is 1. The lowest BCUT2D eigenvalue weighted by Gasteiger charge is -2.36. The third kappa shape index (κ3) is 5.01. The van der Waals surface area contributed by atoms with Crippen molar-refractivity contribution in [2.75, 3.05) is 26.7 Å². The van der Waals surface area contributed by atoms with Gasteiger partial charge in [0.1, 0.15) is 5.75 Å². The number of piperidine rings is 1. The third-order valence-corrected chi connectivity index (χ3v) is 4.86. The second-order valence-corrected chi connectivity index (χ2v) is 6.29. The van der Waals surface area contributed by atoms with Crippen LogP contribution in [0.2, 0.25) is 0 Å². The minimum absolute atomic E-state index is 0.672. The molecule has 1 aromatic rings. The highest BCUT2D eigenvalue weighted by atomic mass is 16.5. The quantitative estimate of drug-likeness (QED) is 0.838. The molecule has 1 unspecified atom stereocenters. The van der Waals surface area contributed by atoms with Crippen molar-refractivity contribution in [2.45, 2.75) is 45.1 Å². The van der Waals surface area contributed by atoms with Crippen LogP contribution in [-0.2, 0) is 6.42 Å². The van der Waals surface area contributed by atoms with Crippen LogP contribution in [0.1, 0.15) is 38.2 Å². The number of nitrogens with zero attached hydrogens (tertiary/aromatic N) is 1. The molecule has 2 rings (SSSR count). The zero-order valence-corrected chi connectivity index (χ0v) is 13.6. The lowest BCUT2D eigenvalue weighted by atomic mass is 9.92. The van der Waals surface area contributed by atoms with Gasteiger partial charge >= 0.3 is 0 Å². The average Bonchev–Trinajstić information content (AvgIpc) is 2.54. The van der Waals surface area contributed by atoms with Crippen molar-refractivity contribution in [1.82, 2.24) is 4.90 Å². The first kappa shape index (κ1) is 16.3. The molecule has 0 spiro atoms. The van der Waals surface area contributed by atoms with E-state index in [0.29, 0.717) is 6.04 Å². The second kappa shape index (κ2) is 8.40. The average molecular weight is 290 g/mol. The molecular formula is C18H30N2O. The number of hydrogen-bond acceptors (Lipinski definition) is 3. The van der Waals surface area contributed by atoms with E-state index in [1.54, 1.807) is 7.11 Å². The molecule has 1 atom stereocenters. The standard InChI is InChI=1S/C18H30N2O/c1-15(20-13-10-17(9-12-19)11-14-20)3-4-16-5-7-18(21-2)8-6-16/h5-8,15,17H,3-4,9-14,19H2,1-2H3. The molecule has 3 heteroatoms. The van der Waals surface area contributed by atoms with Gasteiger partial charge in [-0.25, -0.2) is 0 Å². The van der Waals surface area contributed by atoms with E-state index >= 15 is 0 Å². The van der Waals surface area contributed by atoms with Gasteiger partial charge in [-0.2, -0.15) is 0 Å². The molecule has 2 N–H and O–H groups in total. The van der Waals surface area contributed by atoms with E-state index in [0.717, 1.165) is 24.6 Å². The van der Waals surface area contributed by atoms with Crippen molar-refractivity contribution in [2.24, 2.45) is 11.7 Å². The molecular weight excluding hydrogens is 260 g/mol. The summed E-state index contributed by atoms with van der Waals surface area (Å²) in [5, 5.41) is 0. The summed E-state index contributed by atoms with van der Waals surface area (Å²) in [6.07, 6.45) is 6.23. The van der Waals surface area contributed by atoms with Gasteiger partial charge in [-0.3, -0.25) is 0 Å². The first-order valence-corrected chi connectivity index (χ1v) is 8.30. The number of hydrogen-bond donors (Lipinski definition) is 1. The summed E-state index contributed by atoms with van der Waals surface area (Å²) < 4.78 is 5.20. The van der Waals surface area contributed by atoms with Gasteiger partial charge in [0.2, 0.25) is 0 Å². The van der Waals surface area contributed by atoms with Crippen LogP contribution in [0.4, 0.5) is 0 Å². The summed E-state index contributed by atoms with van der Waals surface area (Å²) >= 11 is 0. The Labute approximate surface area is 129 Å². The van der Waals surface area contributed by atoms with E-state index < -0.39 is 0 Å². The monoisotopic (exact) mass is 290 g/mol. The topological polar surface area (TPSA) is 38.5 Å². The first-order valence-electron chi connectivity index (χ1n) is 8.30. The Morgan fingerprint density at radius 2 is 1.90 bits per heavy atom. The molecule has 0 saturated carbocycles. The molecule has 0 bridgehead atoms. The lowest BCUT2D eigenvalue weighted by molar-refractivity contribution is 0.133. The number of benzene rings is 1. The van der Waals surface area contributed by atoms with Gasteiger partial charge in [0, 0.05) is 6.04 Å². The second-order valence-electron chi connectivity index (χ2n) is 6.29. The maximum atomic E-state index is 5.66. The molecule has 1 saturated heterocycles. The SMILES string of the molecule is COc1ccc(CCC(C)N2CCC(CCN)CC2)cc1. The maximum Gasteiger partial charge on any atom is 0.118 e. The molecule has 0 radical (unpaired) electrons. The smallest absolute Gasteiger partial charge is 0.118 e. The van der Waals surface area contributed by atoms with Crippen molar-refractivity contribution in [3.8, 4) is 5.75 Å². The Balaban J connectivity index is 1.73. The van der Waals surface area contributed by atoms with Crippen molar-refractivity contribution in [1.29, 1.82) is 0 Å². The molecule has 118 valence electrons. The summed E-state index contributed by atoms with van der Waals surface area (Å²) in [6, 6.07) is 9.14. The highest BCUT2D eigenvalue weighted by molar-refractivity contribution is 5.27. The zero-order chi connectivity index (χ0) is 15.1. The van der Waals surface area contributed by atoms with E-state index in [-0.39, 0.29) is 0 Å². The summed E-state index contributed by atoms with van der Waals surface area (Å²) in [4.78, 5) is 2.65. The summed E-state index contributed by atoms with van der Waals surface area (Å²) in [7, 11) is 1.71. The molecule has 21 heavy (non-hydrogen) atoms. The summed E-state index contributed by atoms with van der Waals surface area (Å²) in [5.74, 6) is 1.80. The van der Waals surface area contributed by atoms with Gasteiger partial charge in [0.05, 0.1) is 7.11 Å². The van der Waals surface area contributed by atoms with Crippen LogP contribution in [0.15, 0.2) is 24.3 Å². The van der Waals surface area contributed by atoms with E-state index in [1.165, 1.54) is 44.3 Å². The fourth-order valence-electron chi connectivity index (χ4n) is 3.27. The van der Waals surface area contributed by atoms with Crippen LogP contribution >= 0.6 is 0 Å². The van der Waals surface area contributed by atoms with Crippen LogP contribution in [-0.4, -0.2) is 37.7 Å². The number of nitrogens with two attached hydrogens (primary N) is 1. The van der Waals surface area contributed by atoms with Crippen molar-refractivity contribution >= 4 is 0 Å². The van der Waals surface area contributed by atoms with Crippen LogP contribution in [0.3, 0.4) is 0 Å². The predicted molar refractivity (Wildman–Crippen MR) is 88.7 cm³/mol. The maximum absolute atomic E-state index is 5.66. The van der Waals surface area contributed by atoms with Crippen LogP contribution < -0.4 is 10.5 Å². The number of ether oxygens (including phenoxy) is 1.